The summed E-state index contributed by atoms with van der Waals surface area (Å²) >= 11 is 0. The molecule has 13 rings (SSSR count). The number of fused-ring (bicyclic) bond motifs is 2. The molecule has 4 saturated carbocycles. The topological polar surface area (TPSA) is 62.5 Å². The highest BCUT2D eigenvalue weighted by molar-refractivity contribution is 6.05. The molecular formula is C58H44N4. The maximum Gasteiger partial charge on any atom is 0.160 e. The third-order valence-corrected chi connectivity index (χ3v) is 14.6. The quantitative estimate of drug-likeness (QED) is 0.161. The van der Waals surface area contributed by atoms with Crippen molar-refractivity contribution in [2.45, 2.75) is 49.4 Å². The second-order valence-corrected chi connectivity index (χ2v) is 18.2. The Morgan fingerprint density at radius 2 is 1.05 bits per heavy atom. The van der Waals surface area contributed by atoms with E-state index in [1.165, 1.54) is 70.7 Å². The first-order chi connectivity index (χ1) is 30.5. The van der Waals surface area contributed by atoms with E-state index in [2.05, 4.69) is 158 Å². The Balaban J connectivity index is 0.915. The molecule has 4 nitrogen and oxygen atoms in total. The van der Waals surface area contributed by atoms with Crippen LogP contribution in [0.25, 0.3) is 77.8 Å². The van der Waals surface area contributed by atoms with Crippen molar-refractivity contribution in [2.75, 3.05) is 0 Å². The number of hydrogen-bond acceptors (Lipinski definition) is 4. The van der Waals surface area contributed by atoms with E-state index < -0.39 is 0 Å². The van der Waals surface area contributed by atoms with Gasteiger partial charge in [0.2, 0.25) is 0 Å². The number of pyridine rings is 1. The molecule has 0 amide bonds. The first-order valence-electron chi connectivity index (χ1n) is 22.1. The summed E-state index contributed by atoms with van der Waals surface area (Å²) in [7, 11) is 0. The van der Waals surface area contributed by atoms with Gasteiger partial charge in [0.1, 0.15) is 0 Å². The number of hydrogen-bond donors (Lipinski definition) is 0. The van der Waals surface area contributed by atoms with Crippen LogP contribution in [-0.2, 0) is 10.8 Å². The SMILES string of the molecule is N#Cc1ccc(-c2ccc(-c3ccc(C45CC6CC(C4)CC(c4ccc(-c7cc(-c8ccccc8)nc(-c8ccccc8)n7)c7cccnc47)(C6)C5)cc3)c3ccccc23)cc1. The zero-order valence-electron chi connectivity index (χ0n) is 34.5. The van der Waals surface area contributed by atoms with E-state index in [0.29, 0.717) is 17.4 Å². The van der Waals surface area contributed by atoms with Crippen LogP contribution in [0.4, 0.5) is 0 Å². The van der Waals surface area contributed by atoms with Gasteiger partial charge in [0.15, 0.2) is 5.82 Å². The molecule has 296 valence electrons. The molecule has 4 heteroatoms. The average Bonchev–Trinajstić information content (AvgIpc) is 3.33. The monoisotopic (exact) mass is 796 g/mol. The fraction of sp³-hybridized carbons (Fsp3) is 0.172. The molecule has 0 saturated heterocycles. The summed E-state index contributed by atoms with van der Waals surface area (Å²) in [6.45, 7) is 0. The van der Waals surface area contributed by atoms with Crippen LogP contribution in [0, 0.1) is 23.2 Å². The summed E-state index contributed by atoms with van der Waals surface area (Å²) in [4.78, 5) is 15.6. The van der Waals surface area contributed by atoms with Crippen LogP contribution in [0.2, 0.25) is 0 Å². The second-order valence-electron chi connectivity index (χ2n) is 18.2. The summed E-state index contributed by atoms with van der Waals surface area (Å²) in [6, 6.07) is 65.1. The number of nitrogens with zero attached hydrogens (tertiary/aromatic N) is 4. The molecule has 0 N–H and O–H groups in total. The summed E-state index contributed by atoms with van der Waals surface area (Å²) in [5.74, 6) is 2.14. The van der Waals surface area contributed by atoms with Gasteiger partial charge in [-0.25, -0.2) is 9.97 Å². The number of benzene rings is 7. The molecular weight excluding hydrogens is 753 g/mol. The molecule has 2 aromatic heterocycles. The molecule has 4 aliphatic carbocycles. The maximum atomic E-state index is 9.36. The van der Waals surface area contributed by atoms with Crippen molar-refractivity contribution < 1.29 is 0 Å². The van der Waals surface area contributed by atoms with Crippen molar-refractivity contribution in [2.24, 2.45) is 11.8 Å². The van der Waals surface area contributed by atoms with E-state index in [1.54, 1.807) is 0 Å². The van der Waals surface area contributed by atoms with Gasteiger partial charge in [-0.2, -0.15) is 5.26 Å². The second kappa shape index (κ2) is 14.5. The Labute approximate surface area is 362 Å². The predicted octanol–water partition coefficient (Wildman–Crippen LogP) is 14.2. The molecule has 9 aromatic rings. The third kappa shape index (κ3) is 6.06. The maximum absolute atomic E-state index is 9.36. The lowest BCUT2D eigenvalue weighted by molar-refractivity contribution is -0.0275. The summed E-state index contributed by atoms with van der Waals surface area (Å²) in [5, 5.41) is 13.0. The Morgan fingerprint density at radius 3 is 1.71 bits per heavy atom. The predicted molar refractivity (Wildman–Crippen MR) is 251 cm³/mol. The van der Waals surface area contributed by atoms with Crippen LogP contribution in [0.15, 0.2) is 182 Å². The van der Waals surface area contributed by atoms with Crippen LogP contribution in [0.3, 0.4) is 0 Å². The van der Waals surface area contributed by atoms with E-state index in [4.69, 9.17) is 15.0 Å². The number of aromatic nitrogens is 3. The lowest BCUT2D eigenvalue weighted by Gasteiger charge is -2.63. The standard InChI is InChI=1S/C58H44N4/c59-36-38-17-19-41(20-18-38)46-25-26-47(49-15-8-7-14-48(46)49)42-21-23-45(24-22-42)57-32-39-30-40(33-57)35-58(34-39,37-57)52-28-27-50(51-16-9-29-60-55(51)52)54-31-53(43-10-3-1-4-11-43)61-56(62-54)44-12-5-2-6-13-44/h1-29,31,39-40H,30,32-35,37H2. The first kappa shape index (κ1) is 36.6. The molecule has 4 bridgehead atoms. The normalized spacial score (nSPS) is 21.3. The van der Waals surface area contributed by atoms with Crippen LogP contribution in [0.5, 0.6) is 0 Å². The van der Waals surface area contributed by atoms with Gasteiger partial charge in [0.05, 0.1) is 28.5 Å². The minimum absolute atomic E-state index is 0.0709. The Bertz CT molecular complexity index is 3130. The Kier molecular flexibility index (Phi) is 8.54. The van der Waals surface area contributed by atoms with Crippen LogP contribution in [0.1, 0.15) is 55.2 Å². The summed E-state index contributed by atoms with van der Waals surface area (Å²) in [5.41, 5.74) is 14.7. The van der Waals surface area contributed by atoms with Gasteiger partial charge >= 0.3 is 0 Å². The lowest BCUT2D eigenvalue weighted by Crippen LogP contribution is -2.56. The van der Waals surface area contributed by atoms with Crippen LogP contribution in [-0.4, -0.2) is 15.0 Å². The van der Waals surface area contributed by atoms with E-state index in [9.17, 15) is 5.26 Å². The number of nitriles is 1. The van der Waals surface area contributed by atoms with Gasteiger partial charge in [-0.05, 0) is 130 Å². The molecule has 2 heterocycles. The first-order valence-corrected chi connectivity index (χ1v) is 22.1. The minimum atomic E-state index is 0.0709. The molecule has 62 heavy (non-hydrogen) atoms. The van der Waals surface area contributed by atoms with E-state index in [1.807, 2.05) is 30.5 Å². The van der Waals surface area contributed by atoms with Crippen LogP contribution >= 0.6 is 0 Å². The molecule has 4 aliphatic rings. The highest BCUT2D eigenvalue weighted by Gasteiger charge is 2.59. The minimum Gasteiger partial charge on any atom is -0.256 e. The molecule has 0 aliphatic heterocycles. The fourth-order valence-corrected chi connectivity index (χ4v) is 12.3. The van der Waals surface area contributed by atoms with Crippen molar-refractivity contribution in [1.29, 1.82) is 5.26 Å². The van der Waals surface area contributed by atoms with Crippen molar-refractivity contribution in [1.82, 2.24) is 15.0 Å². The Morgan fingerprint density at radius 1 is 0.484 bits per heavy atom. The van der Waals surface area contributed by atoms with E-state index in [-0.39, 0.29) is 10.8 Å². The van der Waals surface area contributed by atoms with Crippen molar-refractivity contribution in [3.63, 3.8) is 0 Å². The van der Waals surface area contributed by atoms with E-state index in [0.717, 1.165) is 56.8 Å². The third-order valence-electron chi connectivity index (χ3n) is 14.6. The van der Waals surface area contributed by atoms with Crippen molar-refractivity contribution >= 4 is 21.7 Å². The van der Waals surface area contributed by atoms with Gasteiger partial charge in [-0.1, -0.05) is 152 Å². The van der Waals surface area contributed by atoms with Gasteiger partial charge in [0, 0.05) is 28.3 Å². The van der Waals surface area contributed by atoms with Crippen LogP contribution < -0.4 is 0 Å². The zero-order chi connectivity index (χ0) is 41.3. The summed E-state index contributed by atoms with van der Waals surface area (Å²) in [6.07, 6.45) is 9.47. The highest BCUT2D eigenvalue weighted by Crippen LogP contribution is 2.67. The molecule has 4 fully saturated rings. The fourth-order valence-electron chi connectivity index (χ4n) is 12.3. The molecule has 0 radical (unpaired) electrons. The highest BCUT2D eigenvalue weighted by atomic mass is 14.9. The zero-order valence-corrected chi connectivity index (χ0v) is 34.5. The molecule has 2 unspecified atom stereocenters. The Hall–Kier alpha value is -7.22. The molecule has 0 spiro atoms. The van der Waals surface area contributed by atoms with Gasteiger partial charge in [0.25, 0.3) is 0 Å². The lowest BCUT2D eigenvalue weighted by atomic mass is 9.41. The van der Waals surface area contributed by atoms with Gasteiger partial charge in [-0.15, -0.1) is 0 Å². The van der Waals surface area contributed by atoms with Gasteiger partial charge in [-0.3, -0.25) is 4.98 Å². The molecule has 7 aromatic carbocycles. The van der Waals surface area contributed by atoms with Gasteiger partial charge < -0.3 is 0 Å². The van der Waals surface area contributed by atoms with E-state index >= 15 is 0 Å². The largest absolute Gasteiger partial charge is 0.256 e. The number of rotatable bonds is 7. The molecule has 2 atom stereocenters. The van der Waals surface area contributed by atoms with Crippen molar-refractivity contribution in [3.8, 4) is 62.2 Å². The van der Waals surface area contributed by atoms with Crippen molar-refractivity contribution in [3.05, 3.63) is 199 Å². The smallest absolute Gasteiger partial charge is 0.160 e. The average molecular weight is 797 g/mol. The summed E-state index contributed by atoms with van der Waals surface area (Å²) < 4.78 is 0.